The number of hydrogen-bond acceptors (Lipinski definition) is 8. The molecule has 2 saturated heterocycles. The van der Waals surface area contributed by atoms with Gasteiger partial charge in [0.2, 0.25) is 5.90 Å². The number of hydrogen-bond donors (Lipinski definition) is 3. The summed E-state index contributed by atoms with van der Waals surface area (Å²) in [5.41, 5.74) is 4.81. The lowest BCUT2D eigenvalue weighted by atomic mass is 10.1. The van der Waals surface area contributed by atoms with Crippen LogP contribution in [0, 0.1) is 5.41 Å². The molecule has 11 nitrogen and oxygen atoms in total. The molecule has 2 aliphatic rings. The van der Waals surface area contributed by atoms with E-state index >= 15 is 0 Å². The molecule has 0 unspecified atom stereocenters. The van der Waals surface area contributed by atoms with Crippen LogP contribution in [0.1, 0.15) is 30.4 Å². The standard InChI is InChI=1S/C14H20N4O2.C9H9F4N3O2/c15-13-12(14(16)20-11-8-19-9-11)6-10(7-17-13)18-4-2-1-3-5-18;1-15-4-5(9(10,11)12)3-6(7(15)17)14-8(18)16(2)13/h6-7,11,16H,1-5,8-9H2,(H2,15,17);3-4H,1-2H3,(H,14,18). The SMILES string of the molecule is CN(F)C(=O)Nc1cc(C(F)(F)F)cn(C)c1=O.N=C(OC1COC1)c1cc(N2CCCCC2)cnc1N. The lowest BCUT2D eigenvalue weighted by Crippen LogP contribution is -2.38. The van der Waals surface area contributed by atoms with Gasteiger partial charge < -0.3 is 30.0 Å². The summed E-state index contributed by atoms with van der Waals surface area (Å²) < 4.78 is 61.0. The summed E-state index contributed by atoms with van der Waals surface area (Å²) in [6.07, 6.45) is 1.35. The zero-order valence-corrected chi connectivity index (χ0v) is 20.8. The van der Waals surface area contributed by atoms with Crippen molar-refractivity contribution in [3.63, 3.8) is 0 Å². The van der Waals surface area contributed by atoms with Crippen LogP contribution in [0.25, 0.3) is 0 Å². The number of aryl methyl sites for hydroxylation is 1. The maximum atomic E-state index is 12.5. The second-order valence-electron chi connectivity index (χ2n) is 8.74. The van der Waals surface area contributed by atoms with E-state index in [1.165, 1.54) is 19.3 Å². The lowest BCUT2D eigenvalue weighted by molar-refractivity contribution is -0.138. The van der Waals surface area contributed by atoms with E-state index in [0.717, 1.165) is 32.9 Å². The first-order chi connectivity index (χ1) is 17.9. The average molecular weight is 544 g/mol. The Morgan fingerprint density at radius 2 is 1.92 bits per heavy atom. The van der Waals surface area contributed by atoms with Crippen LogP contribution < -0.4 is 21.5 Å². The normalized spacial score (nSPS) is 15.6. The predicted octanol–water partition coefficient (Wildman–Crippen LogP) is 3.15. The van der Waals surface area contributed by atoms with Crippen LogP contribution in [0.2, 0.25) is 0 Å². The summed E-state index contributed by atoms with van der Waals surface area (Å²) in [6.45, 7) is 3.16. The van der Waals surface area contributed by atoms with Gasteiger partial charge in [-0.05, 0) is 31.4 Å². The Bertz CT molecular complexity index is 1210. The number of carbonyl (C=O) groups is 1. The summed E-state index contributed by atoms with van der Waals surface area (Å²) in [4.78, 5) is 28.9. The van der Waals surface area contributed by atoms with Gasteiger partial charge in [-0.15, -0.1) is 0 Å². The molecular formula is C23H29F4N7O4. The van der Waals surface area contributed by atoms with E-state index in [1.54, 1.807) is 11.5 Å². The molecule has 4 N–H and O–H groups in total. The molecule has 0 saturated carbocycles. The molecule has 0 aliphatic carbocycles. The molecule has 208 valence electrons. The molecule has 4 rings (SSSR count). The molecule has 2 aromatic heterocycles. The van der Waals surface area contributed by atoms with Crippen molar-refractivity contribution in [1.82, 2.24) is 14.7 Å². The molecule has 38 heavy (non-hydrogen) atoms. The number of carbonyl (C=O) groups excluding carboxylic acids is 1. The maximum absolute atomic E-state index is 12.5. The Balaban J connectivity index is 0.000000212. The smallest absolute Gasteiger partial charge is 0.417 e. The van der Waals surface area contributed by atoms with Crippen LogP contribution in [0.4, 0.5) is 39.6 Å². The van der Waals surface area contributed by atoms with Crippen LogP contribution in [0.5, 0.6) is 0 Å². The highest BCUT2D eigenvalue weighted by Crippen LogP contribution is 2.29. The van der Waals surface area contributed by atoms with Crippen LogP contribution in [0.15, 0.2) is 29.3 Å². The molecule has 2 amide bonds. The van der Waals surface area contributed by atoms with E-state index in [0.29, 0.717) is 41.4 Å². The average Bonchev–Trinajstić information content (AvgIpc) is 2.84. The van der Waals surface area contributed by atoms with Gasteiger partial charge in [0.1, 0.15) is 17.6 Å². The number of piperidine rings is 1. The van der Waals surface area contributed by atoms with E-state index in [9.17, 15) is 27.2 Å². The molecule has 15 heteroatoms. The number of anilines is 3. The summed E-state index contributed by atoms with van der Waals surface area (Å²) in [5, 5.41) is 9.38. The van der Waals surface area contributed by atoms with Gasteiger partial charge in [0.25, 0.3) is 5.56 Å². The Labute approximate surface area is 215 Å². The lowest BCUT2D eigenvalue weighted by Gasteiger charge is -2.29. The summed E-state index contributed by atoms with van der Waals surface area (Å²) >= 11 is 0. The molecular weight excluding hydrogens is 514 g/mol. The third kappa shape index (κ3) is 7.34. The summed E-state index contributed by atoms with van der Waals surface area (Å²) in [5.74, 6) is 0.429. The summed E-state index contributed by atoms with van der Waals surface area (Å²) in [7, 11) is 1.83. The van der Waals surface area contributed by atoms with Gasteiger partial charge in [0, 0.05) is 33.4 Å². The highest BCUT2D eigenvalue weighted by molar-refractivity contribution is 5.97. The van der Waals surface area contributed by atoms with Crippen LogP contribution in [-0.2, 0) is 22.7 Å². The number of nitrogens with zero attached hydrogens (tertiary/aromatic N) is 4. The topological polar surface area (TPSA) is 139 Å². The molecule has 0 atom stereocenters. The van der Waals surface area contributed by atoms with Crippen LogP contribution >= 0.6 is 0 Å². The number of urea groups is 1. The summed E-state index contributed by atoms with van der Waals surface area (Å²) in [6, 6.07) is 1.02. The number of amides is 2. The van der Waals surface area contributed by atoms with E-state index in [-0.39, 0.29) is 17.1 Å². The third-order valence-electron chi connectivity index (χ3n) is 5.79. The molecule has 0 spiro atoms. The number of nitrogens with two attached hydrogens (primary N) is 1. The van der Waals surface area contributed by atoms with Gasteiger partial charge in [-0.2, -0.15) is 18.3 Å². The fourth-order valence-corrected chi connectivity index (χ4v) is 3.63. The van der Waals surface area contributed by atoms with Gasteiger partial charge in [-0.25, -0.2) is 9.78 Å². The molecule has 2 aliphatic heterocycles. The Hall–Kier alpha value is -3.88. The van der Waals surface area contributed by atoms with E-state index < -0.39 is 29.0 Å². The second kappa shape index (κ2) is 12.1. The fraction of sp³-hybridized carbons (Fsp3) is 0.478. The van der Waals surface area contributed by atoms with Gasteiger partial charge >= 0.3 is 12.2 Å². The number of halogens is 4. The molecule has 0 bridgehead atoms. The van der Waals surface area contributed by atoms with Crippen molar-refractivity contribution in [2.75, 3.05) is 49.3 Å². The van der Waals surface area contributed by atoms with E-state index in [1.807, 2.05) is 6.07 Å². The molecule has 0 aromatic carbocycles. The van der Waals surface area contributed by atoms with Gasteiger partial charge in [-0.1, -0.05) is 4.48 Å². The monoisotopic (exact) mass is 543 g/mol. The number of rotatable bonds is 4. The molecule has 4 heterocycles. The van der Waals surface area contributed by atoms with Crippen molar-refractivity contribution in [1.29, 1.82) is 5.41 Å². The Kier molecular flexibility index (Phi) is 9.14. The predicted molar refractivity (Wildman–Crippen MR) is 132 cm³/mol. The Morgan fingerprint density at radius 3 is 2.47 bits per heavy atom. The van der Waals surface area contributed by atoms with Crippen molar-refractivity contribution >= 4 is 29.1 Å². The highest BCUT2D eigenvalue weighted by Gasteiger charge is 2.32. The fourth-order valence-electron chi connectivity index (χ4n) is 3.63. The zero-order valence-electron chi connectivity index (χ0n) is 20.8. The minimum Gasteiger partial charge on any atom is -0.469 e. The first-order valence-electron chi connectivity index (χ1n) is 11.7. The number of nitrogens with one attached hydrogen (secondary N) is 2. The van der Waals surface area contributed by atoms with E-state index in [2.05, 4.69) is 9.88 Å². The largest absolute Gasteiger partial charge is 0.469 e. The first kappa shape index (κ1) is 28.7. The van der Waals surface area contributed by atoms with Crippen molar-refractivity contribution in [3.05, 3.63) is 46.0 Å². The van der Waals surface area contributed by atoms with Crippen molar-refractivity contribution in [2.45, 2.75) is 31.5 Å². The van der Waals surface area contributed by atoms with E-state index in [4.69, 9.17) is 20.6 Å². The molecule has 2 fully saturated rings. The second-order valence-corrected chi connectivity index (χ2v) is 8.74. The van der Waals surface area contributed by atoms with Gasteiger partial charge in [0.05, 0.1) is 36.2 Å². The zero-order chi connectivity index (χ0) is 28.0. The quantitative estimate of drug-likeness (QED) is 0.233. The van der Waals surface area contributed by atoms with Gasteiger partial charge in [0.15, 0.2) is 0 Å². The Morgan fingerprint density at radius 1 is 1.26 bits per heavy atom. The number of pyridine rings is 2. The molecule has 2 aromatic rings. The number of alkyl halides is 3. The van der Waals surface area contributed by atoms with Gasteiger partial charge in [-0.3, -0.25) is 10.2 Å². The first-order valence-corrected chi connectivity index (χ1v) is 11.7. The van der Waals surface area contributed by atoms with Crippen LogP contribution in [0.3, 0.4) is 0 Å². The van der Waals surface area contributed by atoms with Crippen LogP contribution in [-0.4, -0.2) is 66.1 Å². The number of nitrogen functional groups attached to an aromatic ring is 1. The maximum Gasteiger partial charge on any atom is 0.417 e. The minimum absolute atomic E-state index is 0.0273. The van der Waals surface area contributed by atoms with Crippen molar-refractivity contribution in [3.8, 4) is 0 Å². The van der Waals surface area contributed by atoms with Crippen molar-refractivity contribution in [2.24, 2.45) is 7.05 Å². The van der Waals surface area contributed by atoms with Crippen molar-refractivity contribution < 1.29 is 31.9 Å². The number of aromatic nitrogens is 2. The highest BCUT2D eigenvalue weighted by atomic mass is 19.4. The number of ether oxygens (including phenoxy) is 2. The third-order valence-corrected chi connectivity index (χ3v) is 5.79. The minimum atomic E-state index is -4.67. The molecule has 0 radical (unpaired) electrons.